The molecule has 2 rings (SSSR count). The molecule has 2 unspecified atom stereocenters. The summed E-state index contributed by atoms with van der Waals surface area (Å²) in [5.41, 5.74) is 5.73. The lowest BCUT2D eigenvalue weighted by molar-refractivity contribution is -0.123. The highest BCUT2D eigenvalue weighted by Crippen LogP contribution is 2.28. The van der Waals surface area contributed by atoms with Crippen LogP contribution in [-0.4, -0.2) is 18.5 Å². The van der Waals surface area contributed by atoms with Gasteiger partial charge in [-0.25, -0.2) is 0 Å². The lowest BCUT2D eigenvalue weighted by atomic mass is 10.0. The highest BCUT2D eigenvalue weighted by molar-refractivity contribution is 5.81. The van der Waals surface area contributed by atoms with Crippen molar-refractivity contribution in [2.24, 2.45) is 17.6 Å². The van der Waals surface area contributed by atoms with Gasteiger partial charge in [-0.3, -0.25) is 4.79 Å². The minimum atomic E-state index is 0.0106. The molecule has 1 fully saturated rings. The zero-order valence-electron chi connectivity index (χ0n) is 10.5. The first-order valence-electron chi connectivity index (χ1n) is 6.97. The number of nitrogens with two attached hydrogens (primary N) is 1. The Kier molecular flexibility index (Phi) is 4.60. The molecular weight excluding hydrogens is 212 g/mol. The van der Waals surface area contributed by atoms with Crippen LogP contribution >= 0.6 is 0 Å². The molecule has 3 nitrogen and oxygen atoms in total. The van der Waals surface area contributed by atoms with Gasteiger partial charge in [-0.1, -0.05) is 37.8 Å². The predicted molar refractivity (Wildman–Crippen MR) is 69.4 cm³/mol. The van der Waals surface area contributed by atoms with E-state index in [0.717, 1.165) is 25.3 Å². The van der Waals surface area contributed by atoms with Gasteiger partial charge >= 0.3 is 0 Å². The highest BCUT2D eigenvalue weighted by atomic mass is 16.1. The Balaban J connectivity index is 1.55. The van der Waals surface area contributed by atoms with Crippen molar-refractivity contribution in [3.8, 4) is 0 Å². The molecule has 17 heavy (non-hydrogen) atoms. The number of amides is 1. The molecule has 3 N–H and O–H groups in total. The van der Waals surface area contributed by atoms with Gasteiger partial charge in [0.2, 0.25) is 5.91 Å². The molecule has 0 bridgehead atoms. The van der Waals surface area contributed by atoms with Crippen molar-refractivity contribution in [1.82, 2.24) is 5.32 Å². The summed E-state index contributed by atoms with van der Waals surface area (Å²) in [4.78, 5) is 11.8. The lowest BCUT2D eigenvalue weighted by Crippen LogP contribution is -2.31. The summed E-state index contributed by atoms with van der Waals surface area (Å²) in [5, 5.41) is 3.02. The van der Waals surface area contributed by atoms with Crippen LogP contribution in [0.3, 0.4) is 0 Å². The number of hydrogen-bond acceptors (Lipinski definition) is 2. The second kappa shape index (κ2) is 6.20. The molecule has 96 valence electrons. The van der Waals surface area contributed by atoms with Crippen molar-refractivity contribution in [3.05, 3.63) is 12.2 Å². The Labute approximate surface area is 104 Å². The molecule has 0 spiro atoms. The van der Waals surface area contributed by atoms with Gasteiger partial charge in [0.1, 0.15) is 0 Å². The third-order valence-corrected chi connectivity index (χ3v) is 4.02. The maximum absolute atomic E-state index is 11.8. The van der Waals surface area contributed by atoms with E-state index < -0.39 is 0 Å². The minimum Gasteiger partial charge on any atom is -0.356 e. The Morgan fingerprint density at radius 2 is 2.06 bits per heavy atom. The van der Waals surface area contributed by atoms with E-state index in [0.29, 0.717) is 0 Å². The molecule has 3 heteroatoms. The number of rotatable bonds is 5. The van der Waals surface area contributed by atoms with Crippen molar-refractivity contribution < 1.29 is 4.79 Å². The molecule has 2 atom stereocenters. The fourth-order valence-electron chi connectivity index (χ4n) is 2.95. The third-order valence-electron chi connectivity index (χ3n) is 4.02. The standard InChI is InChI=1S/C14H24N2O/c15-13-8-7-12(10-13)14(17)16-9-3-6-11-4-1-2-5-11/h7-8,11-13H,1-6,9-10,15H2,(H,16,17). The molecular formula is C14H24N2O. The van der Waals surface area contributed by atoms with Gasteiger partial charge in [-0.2, -0.15) is 0 Å². The van der Waals surface area contributed by atoms with Crippen LogP contribution in [0.2, 0.25) is 0 Å². The average Bonchev–Trinajstić information content (AvgIpc) is 2.95. The quantitative estimate of drug-likeness (QED) is 0.566. The van der Waals surface area contributed by atoms with Crippen molar-refractivity contribution in [1.29, 1.82) is 0 Å². The Hall–Kier alpha value is -0.830. The largest absolute Gasteiger partial charge is 0.356 e. The molecule has 0 aromatic carbocycles. The number of carbonyl (C=O) groups is 1. The van der Waals surface area contributed by atoms with Crippen LogP contribution in [0.15, 0.2) is 12.2 Å². The summed E-state index contributed by atoms with van der Waals surface area (Å²) in [6.07, 6.45) is 12.7. The van der Waals surface area contributed by atoms with E-state index in [1.165, 1.54) is 32.1 Å². The van der Waals surface area contributed by atoms with Gasteiger partial charge in [0.15, 0.2) is 0 Å². The predicted octanol–water partition coefficient (Wildman–Crippen LogP) is 1.98. The second-order valence-corrected chi connectivity index (χ2v) is 5.47. The highest BCUT2D eigenvalue weighted by Gasteiger charge is 2.22. The summed E-state index contributed by atoms with van der Waals surface area (Å²) in [7, 11) is 0. The van der Waals surface area contributed by atoms with Crippen molar-refractivity contribution in [2.75, 3.05) is 6.54 Å². The Morgan fingerprint density at radius 1 is 1.29 bits per heavy atom. The average molecular weight is 236 g/mol. The van der Waals surface area contributed by atoms with Gasteiger partial charge in [-0.15, -0.1) is 0 Å². The van der Waals surface area contributed by atoms with Gasteiger partial charge < -0.3 is 11.1 Å². The Morgan fingerprint density at radius 3 is 2.71 bits per heavy atom. The van der Waals surface area contributed by atoms with E-state index in [1.807, 2.05) is 12.2 Å². The van der Waals surface area contributed by atoms with Crippen molar-refractivity contribution in [2.45, 2.75) is 51.0 Å². The number of nitrogens with one attached hydrogen (secondary N) is 1. The van der Waals surface area contributed by atoms with Crippen LogP contribution in [0.25, 0.3) is 0 Å². The van der Waals surface area contributed by atoms with Crippen molar-refractivity contribution in [3.63, 3.8) is 0 Å². The number of carbonyl (C=O) groups excluding carboxylic acids is 1. The monoisotopic (exact) mass is 236 g/mol. The van der Waals surface area contributed by atoms with E-state index in [9.17, 15) is 4.79 Å². The van der Waals surface area contributed by atoms with Gasteiger partial charge in [0.05, 0.1) is 5.92 Å². The fourth-order valence-corrected chi connectivity index (χ4v) is 2.95. The summed E-state index contributed by atoms with van der Waals surface area (Å²) < 4.78 is 0. The lowest BCUT2D eigenvalue weighted by Gasteiger charge is -2.12. The smallest absolute Gasteiger partial charge is 0.226 e. The van der Waals surface area contributed by atoms with Crippen LogP contribution < -0.4 is 11.1 Å². The molecule has 0 aliphatic heterocycles. The summed E-state index contributed by atoms with van der Waals surface area (Å²) >= 11 is 0. The van der Waals surface area contributed by atoms with E-state index >= 15 is 0 Å². The van der Waals surface area contributed by atoms with E-state index in [-0.39, 0.29) is 17.9 Å². The fraction of sp³-hybridized carbons (Fsp3) is 0.786. The van der Waals surface area contributed by atoms with Crippen LogP contribution in [0, 0.1) is 11.8 Å². The van der Waals surface area contributed by atoms with Gasteiger partial charge in [0, 0.05) is 12.6 Å². The second-order valence-electron chi connectivity index (χ2n) is 5.47. The van der Waals surface area contributed by atoms with Crippen LogP contribution in [0.4, 0.5) is 0 Å². The molecule has 0 saturated heterocycles. The third kappa shape index (κ3) is 3.84. The van der Waals surface area contributed by atoms with Gasteiger partial charge in [-0.05, 0) is 25.2 Å². The van der Waals surface area contributed by atoms with Gasteiger partial charge in [0.25, 0.3) is 0 Å². The summed E-state index contributed by atoms with van der Waals surface area (Å²) in [6, 6.07) is 0.0734. The van der Waals surface area contributed by atoms with E-state index in [1.54, 1.807) is 0 Å². The molecule has 0 aromatic heterocycles. The summed E-state index contributed by atoms with van der Waals surface area (Å²) in [5.74, 6) is 1.09. The first-order chi connectivity index (χ1) is 8.25. The molecule has 1 saturated carbocycles. The normalized spacial score (nSPS) is 28.8. The molecule has 2 aliphatic carbocycles. The zero-order valence-corrected chi connectivity index (χ0v) is 10.5. The van der Waals surface area contributed by atoms with E-state index in [2.05, 4.69) is 5.32 Å². The van der Waals surface area contributed by atoms with Crippen LogP contribution in [0.5, 0.6) is 0 Å². The molecule has 0 heterocycles. The molecule has 2 aliphatic rings. The minimum absolute atomic E-state index is 0.0106. The Bertz CT molecular complexity index is 282. The van der Waals surface area contributed by atoms with Crippen LogP contribution in [-0.2, 0) is 4.79 Å². The first kappa shape index (κ1) is 12.6. The topological polar surface area (TPSA) is 55.1 Å². The van der Waals surface area contributed by atoms with E-state index in [4.69, 9.17) is 5.73 Å². The summed E-state index contributed by atoms with van der Waals surface area (Å²) in [6.45, 7) is 0.828. The number of hydrogen-bond donors (Lipinski definition) is 2. The maximum atomic E-state index is 11.8. The maximum Gasteiger partial charge on any atom is 0.226 e. The molecule has 0 radical (unpaired) electrons. The first-order valence-corrected chi connectivity index (χ1v) is 6.97. The van der Waals surface area contributed by atoms with Crippen LogP contribution in [0.1, 0.15) is 44.9 Å². The SMILES string of the molecule is NC1C=CC(C(=O)NCCCC2CCCC2)C1. The van der Waals surface area contributed by atoms with Crippen molar-refractivity contribution >= 4 is 5.91 Å². The zero-order chi connectivity index (χ0) is 12.1. The molecule has 0 aromatic rings. The molecule has 1 amide bonds.